The van der Waals surface area contributed by atoms with Gasteiger partial charge in [0.1, 0.15) is 0 Å². The number of pyridine rings is 1. The number of aromatic nitrogens is 1. The Bertz CT molecular complexity index is 594. The summed E-state index contributed by atoms with van der Waals surface area (Å²) in [6.07, 6.45) is 3.55. The molecule has 0 unspecified atom stereocenters. The molecule has 0 fully saturated rings. The molecule has 0 aliphatic carbocycles. The molecule has 0 aliphatic heterocycles. The van der Waals surface area contributed by atoms with Gasteiger partial charge < -0.3 is 10.6 Å². The fourth-order valence-corrected chi connectivity index (χ4v) is 1.59. The van der Waals surface area contributed by atoms with Crippen molar-refractivity contribution in [2.75, 3.05) is 10.6 Å². The lowest BCUT2D eigenvalue weighted by molar-refractivity contribution is -0.115. The molecule has 2 rings (SSSR count). The summed E-state index contributed by atoms with van der Waals surface area (Å²) in [6.45, 7) is 1.79. The zero-order valence-electron chi connectivity index (χ0n) is 11.1. The van der Waals surface area contributed by atoms with Crippen LogP contribution in [0.3, 0.4) is 0 Å². The summed E-state index contributed by atoms with van der Waals surface area (Å²) in [5.41, 5.74) is 1.86. The van der Waals surface area contributed by atoms with Gasteiger partial charge in [-0.2, -0.15) is 0 Å². The second kappa shape index (κ2) is 6.47. The minimum atomic E-state index is -0.219. The van der Waals surface area contributed by atoms with Crippen LogP contribution < -0.4 is 10.6 Å². The molecule has 0 spiro atoms. The van der Waals surface area contributed by atoms with Crippen LogP contribution in [0.25, 0.3) is 0 Å². The van der Waals surface area contributed by atoms with E-state index in [9.17, 15) is 9.59 Å². The monoisotopic (exact) mass is 269 g/mol. The number of carbonyl (C=O) groups is 2. The lowest BCUT2D eigenvalue weighted by Crippen LogP contribution is -2.12. The summed E-state index contributed by atoms with van der Waals surface area (Å²) < 4.78 is 0. The van der Waals surface area contributed by atoms with Crippen molar-refractivity contribution in [2.24, 2.45) is 0 Å². The number of hydrogen-bond donors (Lipinski definition) is 2. The number of hydrogen-bond acceptors (Lipinski definition) is 3. The maximum Gasteiger partial charge on any atom is 0.257 e. The molecule has 5 nitrogen and oxygen atoms in total. The van der Waals surface area contributed by atoms with Crippen molar-refractivity contribution < 1.29 is 9.59 Å². The molecule has 2 amide bonds. The number of nitrogens with one attached hydrogen (secondary N) is 2. The van der Waals surface area contributed by atoms with Gasteiger partial charge in [0.15, 0.2) is 0 Å². The maximum atomic E-state index is 11.9. The lowest BCUT2D eigenvalue weighted by atomic mass is 10.2. The Hall–Kier alpha value is -2.69. The Balaban J connectivity index is 2.00. The number of carbonyl (C=O) groups excluding carboxylic acids is 2. The molecule has 0 saturated heterocycles. The van der Waals surface area contributed by atoms with Crippen LogP contribution in [0.2, 0.25) is 0 Å². The fourth-order valence-electron chi connectivity index (χ4n) is 1.59. The van der Waals surface area contributed by atoms with Gasteiger partial charge in [0.2, 0.25) is 5.91 Å². The number of amides is 2. The number of rotatable bonds is 4. The number of benzene rings is 1. The molecule has 2 N–H and O–H groups in total. The van der Waals surface area contributed by atoms with Crippen LogP contribution in [-0.4, -0.2) is 16.8 Å². The minimum Gasteiger partial charge on any atom is -0.326 e. The molecule has 0 aliphatic rings. The highest BCUT2D eigenvalue weighted by Crippen LogP contribution is 2.14. The van der Waals surface area contributed by atoms with E-state index in [4.69, 9.17) is 0 Å². The first-order chi connectivity index (χ1) is 9.69. The highest BCUT2D eigenvalue weighted by atomic mass is 16.2. The quantitative estimate of drug-likeness (QED) is 0.896. The van der Waals surface area contributed by atoms with Crippen LogP contribution >= 0.6 is 0 Å². The van der Waals surface area contributed by atoms with Gasteiger partial charge in [0, 0.05) is 30.2 Å². The van der Waals surface area contributed by atoms with E-state index in [-0.39, 0.29) is 11.8 Å². The Morgan fingerprint density at radius 1 is 1.05 bits per heavy atom. The Morgan fingerprint density at radius 2 is 1.70 bits per heavy atom. The number of anilines is 2. The van der Waals surface area contributed by atoms with E-state index in [2.05, 4.69) is 15.6 Å². The van der Waals surface area contributed by atoms with Crippen LogP contribution in [0.15, 0.2) is 48.8 Å². The van der Waals surface area contributed by atoms with Gasteiger partial charge in [-0.15, -0.1) is 0 Å². The highest BCUT2D eigenvalue weighted by Gasteiger charge is 2.05. The van der Waals surface area contributed by atoms with Gasteiger partial charge in [-0.25, -0.2) is 0 Å². The van der Waals surface area contributed by atoms with Crippen molar-refractivity contribution in [1.82, 2.24) is 4.98 Å². The van der Waals surface area contributed by atoms with Crippen molar-refractivity contribution in [2.45, 2.75) is 13.3 Å². The molecule has 0 atom stereocenters. The van der Waals surface area contributed by atoms with E-state index < -0.39 is 0 Å². The Morgan fingerprint density at radius 3 is 2.25 bits per heavy atom. The van der Waals surface area contributed by atoms with Gasteiger partial charge >= 0.3 is 0 Å². The minimum absolute atomic E-state index is 0.0443. The Kier molecular flexibility index (Phi) is 4.44. The molecule has 20 heavy (non-hydrogen) atoms. The summed E-state index contributed by atoms with van der Waals surface area (Å²) in [5.74, 6) is -0.263. The summed E-state index contributed by atoms with van der Waals surface area (Å²) in [5, 5.41) is 5.50. The maximum absolute atomic E-state index is 11.9. The first-order valence-corrected chi connectivity index (χ1v) is 6.30. The van der Waals surface area contributed by atoms with Crippen molar-refractivity contribution in [3.63, 3.8) is 0 Å². The average molecular weight is 269 g/mol. The van der Waals surface area contributed by atoms with E-state index in [0.29, 0.717) is 23.4 Å². The van der Waals surface area contributed by atoms with Gasteiger partial charge in [-0.3, -0.25) is 14.6 Å². The molecule has 1 heterocycles. The second-order valence-corrected chi connectivity index (χ2v) is 4.17. The third-order valence-electron chi connectivity index (χ3n) is 2.67. The third kappa shape index (κ3) is 3.65. The van der Waals surface area contributed by atoms with Crippen LogP contribution in [0.4, 0.5) is 11.4 Å². The van der Waals surface area contributed by atoms with Gasteiger partial charge in [0.25, 0.3) is 5.91 Å². The molecule has 1 aromatic heterocycles. The first-order valence-electron chi connectivity index (χ1n) is 6.30. The smallest absolute Gasteiger partial charge is 0.257 e. The van der Waals surface area contributed by atoms with Crippen molar-refractivity contribution in [1.29, 1.82) is 0 Å². The standard InChI is InChI=1S/C15H15N3O2/c1-2-14(19)17-12-5-7-13(8-6-12)18-15(20)11-4-3-9-16-10-11/h3-10H,2H2,1H3,(H,17,19)(H,18,20). The summed E-state index contributed by atoms with van der Waals surface area (Å²) in [7, 11) is 0. The third-order valence-corrected chi connectivity index (χ3v) is 2.67. The molecule has 1 aromatic carbocycles. The zero-order valence-corrected chi connectivity index (χ0v) is 11.1. The van der Waals surface area contributed by atoms with E-state index in [1.165, 1.54) is 6.20 Å². The van der Waals surface area contributed by atoms with Crippen LogP contribution in [0.5, 0.6) is 0 Å². The van der Waals surface area contributed by atoms with Crippen LogP contribution in [-0.2, 0) is 4.79 Å². The van der Waals surface area contributed by atoms with E-state index in [1.807, 2.05) is 0 Å². The average Bonchev–Trinajstić information content (AvgIpc) is 2.50. The normalized spacial score (nSPS) is 9.85. The predicted octanol–water partition coefficient (Wildman–Crippen LogP) is 2.68. The molecule has 102 valence electrons. The fraction of sp³-hybridized carbons (Fsp3) is 0.133. The zero-order chi connectivity index (χ0) is 14.4. The van der Waals surface area contributed by atoms with Crippen LogP contribution in [0, 0.1) is 0 Å². The number of nitrogens with zero attached hydrogens (tertiary/aromatic N) is 1. The van der Waals surface area contributed by atoms with Crippen molar-refractivity contribution in [3.8, 4) is 0 Å². The predicted molar refractivity (Wildman–Crippen MR) is 77.6 cm³/mol. The van der Waals surface area contributed by atoms with Gasteiger partial charge in [-0.1, -0.05) is 6.92 Å². The van der Waals surface area contributed by atoms with Crippen molar-refractivity contribution >= 4 is 23.2 Å². The SMILES string of the molecule is CCC(=O)Nc1ccc(NC(=O)c2cccnc2)cc1. The van der Waals surface area contributed by atoms with Crippen LogP contribution in [0.1, 0.15) is 23.7 Å². The molecule has 0 radical (unpaired) electrons. The first kappa shape index (κ1) is 13.7. The molecular weight excluding hydrogens is 254 g/mol. The summed E-state index contributed by atoms with van der Waals surface area (Å²) >= 11 is 0. The highest BCUT2D eigenvalue weighted by molar-refractivity contribution is 6.04. The summed E-state index contributed by atoms with van der Waals surface area (Å²) in [6, 6.07) is 10.4. The summed E-state index contributed by atoms with van der Waals surface area (Å²) in [4.78, 5) is 27.0. The van der Waals surface area contributed by atoms with E-state index in [0.717, 1.165) is 0 Å². The largest absolute Gasteiger partial charge is 0.326 e. The van der Waals surface area contributed by atoms with E-state index in [1.54, 1.807) is 49.5 Å². The topological polar surface area (TPSA) is 71.1 Å². The lowest BCUT2D eigenvalue weighted by Gasteiger charge is -2.07. The molecule has 2 aromatic rings. The van der Waals surface area contributed by atoms with E-state index >= 15 is 0 Å². The molecule has 0 bridgehead atoms. The van der Waals surface area contributed by atoms with Gasteiger partial charge in [-0.05, 0) is 36.4 Å². The van der Waals surface area contributed by atoms with Crippen molar-refractivity contribution in [3.05, 3.63) is 54.4 Å². The molecule has 5 heteroatoms. The van der Waals surface area contributed by atoms with Gasteiger partial charge in [0.05, 0.1) is 5.56 Å². The Labute approximate surface area is 117 Å². The molecule has 0 saturated carbocycles. The molecular formula is C15H15N3O2. The second-order valence-electron chi connectivity index (χ2n) is 4.17.